The summed E-state index contributed by atoms with van der Waals surface area (Å²) in [6, 6.07) is 6.71. The van der Waals surface area contributed by atoms with Gasteiger partial charge in [-0.3, -0.25) is 4.79 Å². The van der Waals surface area contributed by atoms with E-state index in [-0.39, 0.29) is 11.9 Å². The van der Waals surface area contributed by atoms with Gasteiger partial charge in [-0.25, -0.2) is 9.78 Å². The van der Waals surface area contributed by atoms with Gasteiger partial charge in [0.25, 0.3) is 5.91 Å². The first-order valence-corrected chi connectivity index (χ1v) is 8.49. The van der Waals surface area contributed by atoms with Crippen LogP contribution >= 0.6 is 11.3 Å². The molecule has 6 nitrogen and oxygen atoms in total. The van der Waals surface area contributed by atoms with Crippen molar-refractivity contribution in [2.75, 3.05) is 26.5 Å². The van der Waals surface area contributed by atoms with Crippen LogP contribution in [0.4, 0.5) is 10.5 Å². The van der Waals surface area contributed by atoms with E-state index >= 15 is 0 Å². The Morgan fingerprint density at radius 3 is 2.62 bits per heavy atom. The second-order valence-electron chi connectivity index (χ2n) is 5.64. The van der Waals surface area contributed by atoms with Gasteiger partial charge in [0.2, 0.25) is 0 Å². The van der Waals surface area contributed by atoms with Crippen molar-refractivity contribution in [1.82, 2.24) is 14.8 Å². The molecule has 0 saturated heterocycles. The molecule has 24 heavy (non-hydrogen) atoms. The third-order valence-electron chi connectivity index (χ3n) is 3.41. The fraction of sp³-hybridized carbons (Fsp3) is 0.353. The van der Waals surface area contributed by atoms with Crippen molar-refractivity contribution in [3.8, 4) is 0 Å². The molecule has 0 atom stereocenters. The normalized spacial score (nSPS) is 10.3. The lowest BCUT2D eigenvalue weighted by Gasteiger charge is -2.17. The van der Waals surface area contributed by atoms with E-state index in [4.69, 9.17) is 0 Å². The third-order valence-corrected chi connectivity index (χ3v) is 4.54. The van der Waals surface area contributed by atoms with E-state index in [1.165, 1.54) is 4.90 Å². The van der Waals surface area contributed by atoms with Gasteiger partial charge in [0.1, 0.15) is 0 Å². The lowest BCUT2D eigenvalue weighted by Crippen LogP contribution is -2.28. The fourth-order valence-electron chi connectivity index (χ4n) is 2.08. The standard InChI is InChI=1S/C17H22N4O2S/c1-5-15-18-10-14(24-15)11-21(4)16(22)12-7-6-8-13(9-12)19-17(23)20(2)3/h6-10H,5,11H2,1-4H3,(H,19,23). The zero-order chi connectivity index (χ0) is 17.7. The first-order chi connectivity index (χ1) is 11.4. The number of aromatic nitrogens is 1. The monoisotopic (exact) mass is 346 g/mol. The van der Waals surface area contributed by atoms with E-state index in [9.17, 15) is 9.59 Å². The Kier molecular flexibility index (Phi) is 5.92. The number of nitrogens with zero attached hydrogens (tertiary/aromatic N) is 3. The molecule has 1 heterocycles. The van der Waals surface area contributed by atoms with E-state index in [1.54, 1.807) is 61.6 Å². The van der Waals surface area contributed by atoms with Crippen LogP contribution in [0.1, 0.15) is 27.2 Å². The molecule has 1 aromatic carbocycles. The number of rotatable bonds is 5. The fourth-order valence-corrected chi connectivity index (χ4v) is 2.99. The summed E-state index contributed by atoms with van der Waals surface area (Å²) in [7, 11) is 5.09. The Hall–Kier alpha value is -2.41. The highest BCUT2D eigenvalue weighted by Crippen LogP contribution is 2.17. The molecular weight excluding hydrogens is 324 g/mol. The minimum atomic E-state index is -0.232. The van der Waals surface area contributed by atoms with E-state index < -0.39 is 0 Å². The van der Waals surface area contributed by atoms with Crippen LogP contribution in [0.5, 0.6) is 0 Å². The summed E-state index contributed by atoms with van der Waals surface area (Å²) in [6.45, 7) is 2.58. The minimum Gasteiger partial charge on any atom is -0.337 e. The molecular formula is C17H22N4O2S. The van der Waals surface area contributed by atoms with Crippen LogP contribution in [0.3, 0.4) is 0 Å². The number of amides is 3. The van der Waals surface area contributed by atoms with Crippen molar-refractivity contribution in [1.29, 1.82) is 0 Å². The smallest absolute Gasteiger partial charge is 0.321 e. The maximum Gasteiger partial charge on any atom is 0.321 e. The lowest BCUT2D eigenvalue weighted by atomic mass is 10.1. The highest BCUT2D eigenvalue weighted by molar-refractivity contribution is 7.11. The molecule has 2 rings (SSSR count). The number of thiazole rings is 1. The first-order valence-electron chi connectivity index (χ1n) is 7.68. The molecule has 0 fully saturated rings. The predicted molar refractivity (Wildman–Crippen MR) is 96.4 cm³/mol. The Morgan fingerprint density at radius 2 is 2.00 bits per heavy atom. The lowest BCUT2D eigenvalue weighted by molar-refractivity contribution is 0.0786. The Bertz CT molecular complexity index is 727. The van der Waals surface area contributed by atoms with Crippen LogP contribution in [0, 0.1) is 0 Å². The van der Waals surface area contributed by atoms with Crippen LogP contribution in [-0.4, -0.2) is 47.9 Å². The number of carbonyl (C=O) groups excluding carboxylic acids is 2. The molecule has 2 aromatic rings. The number of urea groups is 1. The number of hydrogen-bond acceptors (Lipinski definition) is 4. The Morgan fingerprint density at radius 1 is 1.25 bits per heavy atom. The summed E-state index contributed by atoms with van der Waals surface area (Å²) in [4.78, 5) is 32.8. The number of nitrogens with one attached hydrogen (secondary N) is 1. The van der Waals surface area contributed by atoms with E-state index in [2.05, 4.69) is 17.2 Å². The predicted octanol–water partition coefficient (Wildman–Crippen LogP) is 3.07. The summed E-state index contributed by atoms with van der Waals surface area (Å²) in [5.41, 5.74) is 1.13. The van der Waals surface area contributed by atoms with Crippen LogP contribution in [0.15, 0.2) is 30.5 Å². The minimum absolute atomic E-state index is 0.0950. The number of aryl methyl sites for hydroxylation is 1. The zero-order valence-corrected chi connectivity index (χ0v) is 15.2. The van der Waals surface area contributed by atoms with Crippen LogP contribution in [-0.2, 0) is 13.0 Å². The molecule has 7 heteroatoms. The van der Waals surface area contributed by atoms with Gasteiger partial charge in [0.15, 0.2) is 0 Å². The molecule has 128 valence electrons. The molecule has 0 aliphatic heterocycles. The maximum atomic E-state index is 12.6. The van der Waals surface area contributed by atoms with Gasteiger partial charge < -0.3 is 15.1 Å². The van der Waals surface area contributed by atoms with Crippen molar-refractivity contribution in [3.63, 3.8) is 0 Å². The zero-order valence-electron chi connectivity index (χ0n) is 14.4. The second-order valence-corrected chi connectivity index (χ2v) is 6.84. The maximum absolute atomic E-state index is 12.6. The van der Waals surface area contributed by atoms with E-state index in [0.29, 0.717) is 17.8 Å². The average Bonchev–Trinajstić information content (AvgIpc) is 3.01. The first kappa shape index (κ1) is 17.9. The Labute approximate surface area is 146 Å². The van der Waals surface area contributed by atoms with E-state index in [1.807, 2.05) is 6.20 Å². The van der Waals surface area contributed by atoms with Crippen molar-refractivity contribution in [2.24, 2.45) is 0 Å². The number of anilines is 1. The number of hydrogen-bond donors (Lipinski definition) is 1. The molecule has 3 amide bonds. The quantitative estimate of drug-likeness (QED) is 0.905. The summed E-state index contributed by atoms with van der Waals surface area (Å²) < 4.78 is 0. The van der Waals surface area contributed by atoms with Gasteiger partial charge in [0, 0.05) is 43.5 Å². The third kappa shape index (κ3) is 4.55. The summed E-state index contributed by atoms with van der Waals surface area (Å²) in [5, 5.41) is 3.81. The average molecular weight is 346 g/mol. The van der Waals surface area contributed by atoms with E-state index in [0.717, 1.165) is 16.3 Å². The van der Waals surface area contributed by atoms with Crippen molar-refractivity contribution < 1.29 is 9.59 Å². The molecule has 0 unspecified atom stereocenters. The summed E-state index contributed by atoms with van der Waals surface area (Å²) in [5.74, 6) is -0.0950. The van der Waals surface area contributed by atoms with Gasteiger partial charge in [-0.05, 0) is 24.6 Å². The van der Waals surface area contributed by atoms with Crippen molar-refractivity contribution in [3.05, 3.63) is 45.9 Å². The molecule has 1 N–H and O–H groups in total. The number of benzene rings is 1. The van der Waals surface area contributed by atoms with Crippen LogP contribution in [0.25, 0.3) is 0 Å². The van der Waals surface area contributed by atoms with Crippen LogP contribution < -0.4 is 5.32 Å². The van der Waals surface area contributed by atoms with Crippen molar-refractivity contribution >= 4 is 29.0 Å². The Balaban J connectivity index is 2.06. The van der Waals surface area contributed by atoms with Gasteiger partial charge in [0.05, 0.1) is 11.6 Å². The SMILES string of the molecule is CCc1ncc(CN(C)C(=O)c2cccc(NC(=O)N(C)C)c2)s1. The molecule has 0 saturated carbocycles. The highest BCUT2D eigenvalue weighted by Gasteiger charge is 2.14. The molecule has 0 spiro atoms. The molecule has 0 aliphatic carbocycles. The van der Waals surface area contributed by atoms with Gasteiger partial charge >= 0.3 is 6.03 Å². The van der Waals surface area contributed by atoms with Crippen LogP contribution in [0.2, 0.25) is 0 Å². The van der Waals surface area contributed by atoms with Crippen molar-refractivity contribution in [2.45, 2.75) is 19.9 Å². The molecule has 1 aromatic heterocycles. The molecule has 0 radical (unpaired) electrons. The van der Waals surface area contributed by atoms with Gasteiger partial charge in [-0.2, -0.15) is 0 Å². The van der Waals surface area contributed by atoms with Gasteiger partial charge in [-0.1, -0.05) is 13.0 Å². The van der Waals surface area contributed by atoms with Gasteiger partial charge in [-0.15, -0.1) is 11.3 Å². The summed E-state index contributed by atoms with van der Waals surface area (Å²) >= 11 is 1.62. The highest BCUT2D eigenvalue weighted by atomic mass is 32.1. The number of carbonyl (C=O) groups is 2. The summed E-state index contributed by atoms with van der Waals surface area (Å²) in [6.07, 6.45) is 2.72. The molecule has 0 aliphatic rings. The molecule has 0 bridgehead atoms. The second kappa shape index (κ2) is 7.92. The topological polar surface area (TPSA) is 65.5 Å². The largest absolute Gasteiger partial charge is 0.337 e.